The lowest BCUT2D eigenvalue weighted by Crippen LogP contribution is -2.24. The van der Waals surface area contributed by atoms with Crippen molar-refractivity contribution in [2.45, 2.75) is 12.3 Å². The maximum Gasteiger partial charge on any atom is 0.250 e. The topological polar surface area (TPSA) is 85.1 Å². The van der Waals surface area contributed by atoms with Gasteiger partial charge in [0.15, 0.2) is 0 Å². The minimum absolute atomic E-state index is 0.00926. The predicted octanol–water partition coefficient (Wildman–Crippen LogP) is 3.15. The van der Waals surface area contributed by atoms with Gasteiger partial charge in [-0.05, 0) is 29.8 Å². The zero-order valence-corrected chi connectivity index (χ0v) is 14.4. The summed E-state index contributed by atoms with van der Waals surface area (Å²) in [5.41, 5.74) is 0.750. The van der Waals surface area contributed by atoms with E-state index in [0.29, 0.717) is 10.6 Å². The number of rotatable bonds is 6. The van der Waals surface area contributed by atoms with Gasteiger partial charge in [-0.3, -0.25) is 0 Å². The summed E-state index contributed by atoms with van der Waals surface area (Å²) in [6, 6.07) is 12.4. The molecule has 0 radical (unpaired) electrons. The SMILES string of the molecule is O=S(=O)(Cc1ccc(Cl)cc1)NCc1nnc(-c2ccccc2F)o1. The lowest BCUT2D eigenvalue weighted by Gasteiger charge is -2.05. The van der Waals surface area contributed by atoms with E-state index in [-0.39, 0.29) is 29.6 Å². The van der Waals surface area contributed by atoms with Crippen LogP contribution in [-0.2, 0) is 22.3 Å². The molecule has 0 spiro atoms. The Kier molecular flexibility index (Phi) is 5.12. The molecule has 0 unspecified atom stereocenters. The van der Waals surface area contributed by atoms with E-state index in [4.69, 9.17) is 16.0 Å². The summed E-state index contributed by atoms with van der Waals surface area (Å²) in [4.78, 5) is 0. The average molecular weight is 382 g/mol. The molecule has 1 N–H and O–H groups in total. The van der Waals surface area contributed by atoms with Crippen molar-refractivity contribution in [3.63, 3.8) is 0 Å². The first-order chi connectivity index (χ1) is 11.9. The van der Waals surface area contributed by atoms with Gasteiger partial charge in [0.25, 0.3) is 5.89 Å². The molecule has 3 aromatic rings. The van der Waals surface area contributed by atoms with Crippen LogP contribution >= 0.6 is 11.6 Å². The molecule has 0 fully saturated rings. The third-order valence-corrected chi connectivity index (χ3v) is 4.83. The Morgan fingerprint density at radius 1 is 1.08 bits per heavy atom. The lowest BCUT2D eigenvalue weighted by molar-refractivity contribution is 0.490. The third-order valence-electron chi connectivity index (χ3n) is 3.28. The fraction of sp³-hybridized carbons (Fsp3) is 0.125. The standard InChI is InChI=1S/C16H13ClFN3O3S/c17-12-7-5-11(6-8-12)10-25(22,23)19-9-15-20-21-16(24-15)13-3-1-2-4-14(13)18/h1-8,19H,9-10H2. The third kappa shape index (κ3) is 4.62. The van der Waals surface area contributed by atoms with Crippen LogP contribution in [-0.4, -0.2) is 18.6 Å². The Bertz CT molecular complexity index is 974. The Morgan fingerprint density at radius 2 is 1.80 bits per heavy atom. The molecular formula is C16H13ClFN3O3S. The molecule has 0 atom stereocenters. The van der Waals surface area contributed by atoms with Crippen molar-refractivity contribution in [1.82, 2.24) is 14.9 Å². The monoisotopic (exact) mass is 381 g/mol. The van der Waals surface area contributed by atoms with E-state index in [9.17, 15) is 12.8 Å². The van der Waals surface area contributed by atoms with Gasteiger partial charge in [-0.1, -0.05) is 35.9 Å². The molecule has 3 rings (SSSR count). The molecule has 6 nitrogen and oxygen atoms in total. The number of benzene rings is 2. The van der Waals surface area contributed by atoms with Gasteiger partial charge in [0.1, 0.15) is 5.82 Å². The maximum atomic E-state index is 13.7. The van der Waals surface area contributed by atoms with Crippen LogP contribution in [0.1, 0.15) is 11.5 Å². The predicted molar refractivity (Wildman–Crippen MR) is 90.6 cm³/mol. The number of nitrogens with zero attached hydrogens (tertiary/aromatic N) is 2. The lowest BCUT2D eigenvalue weighted by atomic mass is 10.2. The van der Waals surface area contributed by atoms with Gasteiger partial charge in [0.05, 0.1) is 17.9 Å². The fourth-order valence-corrected chi connectivity index (χ4v) is 3.29. The molecule has 25 heavy (non-hydrogen) atoms. The van der Waals surface area contributed by atoms with Gasteiger partial charge in [0.2, 0.25) is 15.9 Å². The Hall–Kier alpha value is -2.29. The van der Waals surface area contributed by atoms with Gasteiger partial charge in [-0.15, -0.1) is 10.2 Å². The summed E-state index contributed by atoms with van der Waals surface area (Å²) < 4.78 is 45.5. The minimum atomic E-state index is -3.60. The highest BCUT2D eigenvalue weighted by atomic mass is 35.5. The van der Waals surface area contributed by atoms with Gasteiger partial charge < -0.3 is 4.42 Å². The number of sulfonamides is 1. The van der Waals surface area contributed by atoms with Crippen LogP contribution in [0, 0.1) is 5.82 Å². The van der Waals surface area contributed by atoms with Gasteiger partial charge in [-0.25, -0.2) is 17.5 Å². The molecule has 0 saturated carbocycles. The van der Waals surface area contributed by atoms with E-state index in [2.05, 4.69) is 14.9 Å². The van der Waals surface area contributed by atoms with Crippen molar-refractivity contribution in [2.75, 3.05) is 0 Å². The first kappa shape index (κ1) is 17.5. The van der Waals surface area contributed by atoms with Crippen molar-refractivity contribution in [2.24, 2.45) is 0 Å². The average Bonchev–Trinajstić information content (AvgIpc) is 3.04. The van der Waals surface area contributed by atoms with Crippen molar-refractivity contribution < 1.29 is 17.2 Å². The molecule has 9 heteroatoms. The first-order valence-corrected chi connectivity index (χ1v) is 9.25. The summed E-state index contributed by atoms with van der Waals surface area (Å²) in [5.74, 6) is -0.678. The summed E-state index contributed by atoms with van der Waals surface area (Å²) in [6.45, 7) is -0.183. The second-order valence-corrected chi connectivity index (χ2v) is 7.43. The van der Waals surface area contributed by atoms with E-state index in [0.717, 1.165) is 0 Å². The van der Waals surface area contributed by atoms with Gasteiger partial charge in [0, 0.05) is 5.02 Å². The molecule has 1 heterocycles. The Labute approximate surface area is 148 Å². The highest BCUT2D eigenvalue weighted by Crippen LogP contribution is 2.21. The van der Waals surface area contributed by atoms with Crippen molar-refractivity contribution in [1.29, 1.82) is 0 Å². The van der Waals surface area contributed by atoms with Crippen molar-refractivity contribution in [3.8, 4) is 11.5 Å². The van der Waals surface area contributed by atoms with Gasteiger partial charge >= 0.3 is 0 Å². The van der Waals surface area contributed by atoms with E-state index in [1.807, 2.05) is 0 Å². The molecule has 1 aromatic heterocycles. The van der Waals surface area contributed by atoms with Gasteiger partial charge in [-0.2, -0.15) is 0 Å². The minimum Gasteiger partial charge on any atom is -0.419 e. The van der Waals surface area contributed by atoms with Crippen LogP contribution in [0.2, 0.25) is 5.02 Å². The van der Waals surface area contributed by atoms with Crippen molar-refractivity contribution >= 4 is 21.6 Å². The molecule has 130 valence electrons. The van der Waals surface area contributed by atoms with Crippen LogP contribution in [0.5, 0.6) is 0 Å². The molecule has 0 bridgehead atoms. The molecule has 0 aliphatic rings. The molecule has 0 aliphatic carbocycles. The zero-order chi connectivity index (χ0) is 17.9. The number of halogens is 2. The van der Waals surface area contributed by atoms with Crippen molar-refractivity contribution in [3.05, 3.63) is 70.8 Å². The second kappa shape index (κ2) is 7.30. The second-order valence-electron chi connectivity index (χ2n) is 5.19. The van der Waals surface area contributed by atoms with Crippen LogP contribution in [0.15, 0.2) is 52.9 Å². The largest absolute Gasteiger partial charge is 0.419 e. The number of hydrogen-bond acceptors (Lipinski definition) is 5. The smallest absolute Gasteiger partial charge is 0.250 e. The number of hydrogen-bond donors (Lipinski definition) is 1. The maximum absolute atomic E-state index is 13.7. The summed E-state index contributed by atoms with van der Waals surface area (Å²) in [5, 5.41) is 7.99. The molecular weight excluding hydrogens is 369 g/mol. The van der Waals surface area contributed by atoms with E-state index >= 15 is 0 Å². The molecule has 2 aromatic carbocycles. The normalized spacial score (nSPS) is 11.6. The molecule has 0 amide bonds. The van der Waals surface area contributed by atoms with E-state index in [1.54, 1.807) is 36.4 Å². The summed E-state index contributed by atoms with van der Waals surface area (Å²) in [7, 11) is -3.60. The molecule has 0 aliphatic heterocycles. The molecule has 0 saturated heterocycles. The van der Waals surface area contributed by atoms with Crippen LogP contribution in [0.4, 0.5) is 4.39 Å². The summed E-state index contributed by atoms with van der Waals surface area (Å²) >= 11 is 5.77. The highest BCUT2D eigenvalue weighted by molar-refractivity contribution is 7.88. The highest BCUT2D eigenvalue weighted by Gasteiger charge is 2.16. The van der Waals surface area contributed by atoms with E-state index in [1.165, 1.54) is 12.1 Å². The number of nitrogens with one attached hydrogen (secondary N) is 1. The fourth-order valence-electron chi connectivity index (χ4n) is 2.09. The summed E-state index contributed by atoms with van der Waals surface area (Å²) in [6.07, 6.45) is 0. The quantitative estimate of drug-likeness (QED) is 0.709. The Morgan fingerprint density at radius 3 is 2.52 bits per heavy atom. The number of aromatic nitrogens is 2. The van der Waals surface area contributed by atoms with Crippen LogP contribution in [0.25, 0.3) is 11.5 Å². The van der Waals surface area contributed by atoms with Crippen LogP contribution < -0.4 is 4.72 Å². The first-order valence-electron chi connectivity index (χ1n) is 7.22. The Balaban J connectivity index is 1.65. The zero-order valence-electron chi connectivity index (χ0n) is 12.8. The van der Waals surface area contributed by atoms with E-state index < -0.39 is 15.8 Å². The van der Waals surface area contributed by atoms with Crippen LogP contribution in [0.3, 0.4) is 0 Å².